The highest BCUT2D eigenvalue weighted by atomic mass is 35.5. The molecule has 0 aliphatic rings. The van der Waals surface area contributed by atoms with Crippen LogP contribution in [-0.4, -0.2) is 51.3 Å². The lowest BCUT2D eigenvalue weighted by molar-refractivity contribution is 0.133. The Kier molecular flexibility index (Phi) is 6.26. The van der Waals surface area contributed by atoms with Gasteiger partial charge in [-0.25, -0.2) is 18.4 Å². The number of hydrogen-bond acceptors (Lipinski definition) is 6. The molecule has 138 valence electrons. The molecule has 1 aromatic rings. The normalized spacial score (nSPS) is 16.0. The first-order chi connectivity index (χ1) is 10.6. The number of aromatic nitrogens is 2. The Morgan fingerprint density at radius 1 is 1.29 bits per heavy atom. The Morgan fingerprint density at radius 2 is 1.83 bits per heavy atom. The first kappa shape index (κ1) is 21.5. The summed E-state index contributed by atoms with van der Waals surface area (Å²) >= 11 is 6.17. The second-order valence-electron chi connectivity index (χ2n) is 7.90. The van der Waals surface area contributed by atoms with Crippen molar-refractivity contribution in [2.24, 2.45) is 0 Å². The van der Waals surface area contributed by atoms with E-state index in [-0.39, 0.29) is 28.6 Å². The van der Waals surface area contributed by atoms with Crippen molar-refractivity contribution in [1.29, 1.82) is 0 Å². The van der Waals surface area contributed by atoms with Gasteiger partial charge in [-0.3, -0.25) is 0 Å². The van der Waals surface area contributed by atoms with Gasteiger partial charge in [0.2, 0.25) is 15.0 Å². The summed E-state index contributed by atoms with van der Waals surface area (Å²) in [4.78, 5) is 7.74. The van der Waals surface area contributed by atoms with Gasteiger partial charge in [-0.2, -0.15) is 0 Å². The predicted octanol–water partition coefficient (Wildman–Crippen LogP) is 2.81. The molecule has 1 rings (SSSR count). The van der Waals surface area contributed by atoms with Crippen LogP contribution in [0.2, 0.25) is 23.3 Å². The molecular weight excluding hydrogens is 368 g/mol. The lowest BCUT2D eigenvalue weighted by atomic mass is 9.86. The molecule has 0 spiro atoms. The number of nitrogens with zero attached hydrogens (tertiary/aromatic N) is 2. The maximum Gasteiger partial charge on any atom is 0.248 e. The standard InChI is InChI=1S/C15H27ClN2O4SSi/c1-14(2,3)24(6,7)22-10-15(4,9-19)11-8-17-13(18-12(11)16)23(5,20)21/h8,19H,9-10H2,1-7H3. The van der Waals surface area contributed by atoms with Gasteiger partial charge >= 0.3 is 0 Å². The van der Waals surface area contributed by atoms with Crippen molar-refractivity contribution < 1.29 is 18.0 Å². The van der Waals surface area contributed by atoms with Gasteiger partial charge in [-0.1, -0.05) is 39.3 Å². The molecule has 24 heavy (non-hydrogen) atoms. The fourth-order valence-electron chi connectivity index (χ4n) is 1.69. The molecule has 1 atom stereocenters. The molecule has 1 aromatic heterocycles. The van der Waals surface area contributed by atoms with Crippen LogP contribution >= 0.6 is 11.6 Å². The number of aliphatic hydroxyl groups is 1. The summed E-state index contributed by atoms with van der Waals surface area (Å²) in [6.07, 6.45) is 2.38. The molecule has 1 heterocycles. The van der Waals surface area contributed by atoms with Crippen LogP contribution in [0.1, 0.15) is 33.3 Å². The van der Waals surface area contributed by atoms with E-state index in [0.717, 1.165) is 6.26 Å². The van der Waals surface area contributed by atoms with Crippen molar-refractivity contribution in [2.45, 2.75) is 56.4 Å². The van der Waals surface area contributed by atoms with E-state index in [9.17, 15) is 13.5 Å². The van der Waals surface area contributed by atoms with Crippen LogP contribution in [0.5, 0.6) is 0 Å². The highest BCUT2D eigenvalue weighted by Gasteiger charge is 2.40. The molecule has 6 nitrogen and oxygen atoms in total. The molecular formula is C15H27ClN2O4SSi. The fraction of sp³-hybridized carbons (Fsp3) is 0.733. The average Bonchev–Trinajstić information content (AvgIpc) is 2.42. The lowest BCUT2D eigenvalue weighted by Gasteiger charge is -2.39. The predicted molar refractivity (Wildman–Crippen MR) is 97.7 cm³/mol. The van der Waals surface area contributed by atoms with Gasteiger partial charge < -0.3 is 9.53 Å². The molecule has 0 radical (unpaired) electrons. The summed E-state index contributed by atoms with van der Waals surface area (Å²) in [5, 5.41) is 9.61. The van der Waals surface area contributed by atoms with E-state index in [4.69, 9.17) is 16.0 Å². The van der Waals surface area contributed by atoms with Crippen LogP contribution in [-0.2, 0) is 19.7 Å². The molecule has 1 N–H and O–H groups in total. The maximum atomic E-state index is 11.5. The molecule has 0 saturated carbocycles. The molecule has 0 aromatic carbocycles. The average molecular weight is 395 g/mol. The Hall–Kier alpha value is -0.543. The van der Waals surface area contributed by atoms with Crippen LogP contribution in [0.15, 0.2) is 11.4 Å². The molecule has 0 aliphatic heterocycles. The zero-order valence-corrected chi connectivity index (χ0v) is 17.9. The number of rotatable bonds is 6. The smallest absolute Gasteiger partial charge is 0.248 e. The van der Waals surface area contributed by atoms with Gasteiger partial charge in [0.1, 0.15) is 5.15 Å². The van der Waals surface area contributed by atoms with Gasteiger partial charge in [0, 0.05) is 30.0 Å². The quantitative estimate of drug-likeness (QED) is 0.453. The zero-order valence-electron chi connectivity index (χ0n) is 15.3. The van der Waals surface area contributed by atoms with E-state index in [1.54, 1.807) is 6.92 Å². The molecule has 0 fully saturated rings. The monoisotopic (exact) mass is 394 g/mol. The topological polar surface area (TPSA) is 89.4 Å². The van der Waals surface area contributed by atoms with Crippen molar-refractivity contribution >= 4 is 29.8 Å². The van der Waals surface area contributed by atoms with E-state index in [1.807, 2.05) is 0 Å². The minimum atomic E-state index is -3.54. The van der Waals surface area contributed by atoms with Gasteiger partial charge in [0.15, 0.2) is 8.32 Å². The largest absolute Gasteiger partial charge is 0.416 e. The van der Waals surface area contributed by atoms with Crippen LogP contribution in [0.3, 0.4) is 0 Å². The van der Waals surface area contributed by atoms with Crippen LogP contribution in [0.25, 0.3) is 0 Å². The van der Waals surface area contributed by atoms with Gasteiger partial charge in [-0.05, 0) is 18.1 Å². The van der Waals surface area contributed by atoms with Gasteiger partial charge in [0.25, 0.3) is 0 Å². The first-order valence-corrected chi connectivity index (χ1v) is 12.8. The summed E-state index contributed by atoms with van der Waals surface area (Å²) in [7, 11) is -5.56. The number of hydrogen-bond donors (Lipinski definition) is 1. The third kappa shape index (κ3) is 4.75. The summed E-state index contributed by atoms with van der Waals surface area (Å²) in [6, 6.07) is 0. The van der Waals surface area contributed by atoms with E-state index >= 15 is 0 Å². The van der Waals surface area contributed by atoms with E-state index in [2.05, 4.69) is 43.8 Å². The second kappa shape index (κ2) is 6.99. The molecule has 0 saturated heterocycles. The molecule has 0 bridgehead atoms. The van der Waals surface area contributed by atoms with Crippen molar-refractivity contribution in [3.63, 3.8) is 0 Å². The Labute approximate surface area is 150 Å². The van der Waals surface area contributed by atoms with E-state index in [0.29, 0.717) is 5.56 Å². The maximum absolute atomic E-state index is 11.5. The van der Waals surface area contributed by atoms with Crippen molar-refractivity contribution in [2.75, 3.05) is 19.5 Å². The summed E-state index contributed by atoms with van der Waals surface area (Å²) in [5.74, 6) is 0. The Bertz CT molecular complexity index is 704. The number of aliphatic hydroxyl groups excluding tert-OH is 1. The number of halogens is 1. The highest BCUT2D eigenvalue weighted by Crippen LogP contribution is 2.38. The Morgan fingerprint density at radius 3 is 2.21 bits per heavy atom. The SMILES string of the molecule is CC(CO)(CO[Si](C)(C)C(C)(C)C)c1cnc(S(C)(=O)=O)nc1Cl. The fourth-order valence-corrected chi connectivity index (χ4v) is 3.72. The van der Waals surface area contributed by atoms with Crippen molar-refractivity contribution in [1.82, 2.24) is 9.97 Å². The van der Waals surface area contributed by atoms with Crippen LogP contribution in [0, 0.1) is 0 Å². The van der Waals surface area contributed by atoms with E-state index in [1.165, 1.54) is 6.20 Å². The molecule has 1 unspecified atom stereocenters. The van der Waals surface area contributed by atoms with Crippen LogP contribution in [0.4, 0.5) is 0 Å². The second-order valence-corrected chi connectivity index (χ2v) is 15.0. The zero-order chi connectivity index (χ0) is 19.0. The van der Waals surface area contributed by atoms with Crippen LogP contribution < -0.4 is 0 Å². The first-order valence-electron chi connectivity index (χ1n) is 7.62. The summed E-state index contributed by atoms with van der Waals surface area (Å²) in [6.45, 7) is 12.5. The molecule has 0 amide bonds. The van der Waals surface area contributed by atoms with Gasteiger partial charge in [-0.15, -0.1) is 0 Å². The third-order valence-electron chi connectivity index (χ3n) is 4.61. The van der Waals surface area contributed by atoms with Crippen molar-refractivity contribution in [3.05, 3.63) is 16.9 Å². The molecule has 0 aliphatic carbocycles. The molecule has 9 heteroatoms. The van der Waals surface area contributed by atoms with E-state index < -0.39 is 23.6 Å². The number of sulfone groups is 1. The third-order valence-corrected chi connectivity index (χ3v) is 10.2. The lowest BCUT2D eigenvalue weighted by Crippen LogP contribution is -2.45. The Balaban J connectivity index is 3.16. The summed E-state index contributed by atoms with van der Waals surface area (Å²) in [5.41, 5.74) is -0.347. The minimum absolute atomic E-state index is 0.0146. The highest BCUT2D eigenvalue weighted by molar-refractivity contribution is 7.90. The van der Waals surface area contributed by atoms with Crippen molar-refractivity contribution in [3.8, 4) is 0 Å². The van der Waals surface area contributed by atoms with Gasteiger partial charge in [0.05, 0.1) is 6.61 Å². The summed E-state index contributed by atoms with van der Waals surface area (Å²) < 4.78 is 29.3. The minimum Gasteiger partial charge on any atom is -0.416 e.